The second kappa shape index (κ2) is 11.2. The monoisotopic (exact) mass is 450 g/mol. The van der Waals surface area contributed by atoms with E-state index in [1.807, 2.05) is 53.1 Å². The number of hydrogen-bond donors (Lipinski definition) is 1. The summed E-state index contributed by atoms with van der Waals surface area (Å²) in [7, 11) is 3.97. The molecule has 2 heterocycles. The molecule has 2 atom stereocenters. The maximum atomic E-state index is 13.2. The van der Waals surface area contributed by atoms with Gasteiger partial charge in [0.2, 0.25) is 11.8 Å². The molecule has 2 fully saturated rings. The Morgan fingerprint density at radius 3 is 2.75 bits per heavy atom. The van der Waals surface area contributed by atoms with E-state index in [1.165, 1.54) is 0 Å². The maximum Gasteiger partial charge on any atom is 0.228 e. The number of piperazine rings is 1. The zero-order valence-electron chi connectivity index (χ0n) is 16.3. The smallest absolute Gasteiger partial charge is 0.228 e. The van der Waals surface area contributed by atoms with Crippen molar-refractivity contribution in [3.05, 3.63) is 34.9 Å². The lowest BCUT2D eigenvalue weighted by molar-refractivity contribution is -0.139. The van der Waals surface area contributed by atoms with Crippen molar-refractivity contribution < 1.29 is 9.59 Å². The van der Waals surface area contributed by atoms with Crippen molar-refractivity contribution in [2.24, 2.45) is 5.92 Å². The molecule has 2 unspecified atom stereocenters. The quantitative estimate of drug-likeness (QED) is 0.744. The number of benzene rings is 1. The average Bonchev–Trinajstić information content (AvgIpc) is 3.00. The van der Waals surface area contributed by atoms with Crippen molar-refractivity contribution in [3.8, 4) is 0 Å². The highest BCUT2D eigenvalue weighted by Crippen LogP contribution is 2.28. The van der Waals surface area contributed by atoms with E-state index in [9.17, 15) is 9.59 Å². The minimum absolute atomic E-state index is 0. The fourth-order valence-electron chi connectivity index (χ4n) is 3.69. The highest BCUT2D eigenvalue weighted by Gasteiger charge is 2.39. The van der Waals surface area contributed by atoms with Crippen LogP contribution < -0.4 is 5.32 Å². The minimum Gasteiger partial charge on any atom is -0.341 e. The lowest BCUT2D eigenvalue weighted by Gasteiger charge is -2.38. The number of likely N-dealkylation sites (N-methyl/N-ethyl adjacent to an activating group) is 1. The molecule has 0 bridgehead atoms. The van der Waals surface area contributed by atoms with Crippen molar-refractivity contribution in [1.82, 2.24) is 20.0 Å². The predicted molar refractivity (Wildman–Crippen MR) is 117 cm³/mol. The molecule has 2 aliphatic heterocycles. The van der Waals surface area contributed by atoms with Crippen LogP contribution in [0, 0.1) is 5.92 Å². The standard InChI is InChI=1S/C19H27ClN4O2.2ClH/c1-22(2)8-9-23-13-15(11-18(23)25)19(26)24-7-6-21-12-17(24)14-4-3-5-16(20)10-14;;/h3-5,10,15,17,21H,6-9,11-13H2,1-2H3;2*1H. The Labute approximate surface area is 184 Å². The van der Waals surface area contributed by atoms with E-state index in [0.29, 0.717) is 37.6 Å². The van der Waals surface area contributed by atoms with Gasteiger partial charge in [-0.25, -0.2) is 0 Å². The van der Waals surface area contributed by atoms with Crippen LogP contribution in [0.4, 0.5) is 0 Å². The third-order valence-corrected chi connectivity index (χ3v) is 5.38. The fourth-order valence-corrected chi connectivity index (χ4v) is 3.89. The lowest BCUT2D eigenvalue weighted by Crippen LogP contribution is -2.50. The predicted octanol–water partition coefficient (Wildman–Crippen LogP) is 2.07. The Hall–Kier alpha value is -1.05. The van der Waals surface area contributed by atoms with Gasteiger partial charge in [-0.1, -0.05) is 23.7 Å². The molecule has 3 rings (SSSR count). The summed E-state index contributed by atoms with van der Waals surface area (Å²) in [5.74, 6) is -0.0822. The van der Waals surface area contributed by atoms with Gasteiger partial charge in [0.15, 0.2) is 0 Å². The van der Waals surface area contributed by atoms with Gasteiger partial charge in [0.25, 0.3) is 0 Å². The summed E-state index contributed by atoms with van der Waals surface area (Å²) in [6, 6.07) is 7.64. The van der Waals surface area contributed by atoms with Crippen molar-refractivity contribution >= 4 is 48.2 Å². The summed E-state index contributed by atoms with van der Waals surface area (Å²) in [4.78, 5) is 31.3. The highest BCUT2D eigenvalue weighted by molar-refractivity contribution is 6.30. The normalized spacial score (nSPS) is 22.1. The number of nitrogens with zero attached hydrogens (tertiary/aromatic N) is 3. The average molecular weight is 452 g/mol. The van der Waals surface area contributed by atoms with Gasteiger partial charge in [-0.05, 0) is 31.8 Å². The van der Waals surface area contributed by atoms with E-state index in [1.54, 1.807) is 0 Å². The van der Waals surface area contributed by atoms with Crippen LogP contribution in [0.3, 0.4) is 0 Å². The summed E-state index contributed by atoms with van der Waals surface area (Å²) < 4.78 is 0. The Balaban J connectivity index is 0.00000196. The number of carbonyl (C=O) groups excluding carboxylic acids is 2. The van der Waals surface area contributed by atoms with Gasteiger partial charge in [0.05, 0.1) is 12.0 Å². The first kappa shape index (κ1) is 25.0. The number of rotatable bonds is 5. The number of amides is 2. The van der Waals surface area contributed by atoms with Crippen LogP contribution in [0.1, 0.15) is 18.0 Å². The second-order valence-electron chi connectivity index (χ2n) is 7.35. The van der Waals surface area contributed by atoms with Crippen LogP contribution in [0.5, 0.6) is 0 Å². The van der Waals surface area contributed by atoms with E-state index < -0.39 is 0 Å². The first-order valence-corrected chi connectivity index (χ1v) is 9.52. The van der Waals surface area contributed by atoms with Crippen LogP contribution in [-0.2, 0) is 9.59 Å². The zero-order chi connectivity index (χ0) is 18.7. The van der Waals surface area contributed by atoms with Crippen LogP contribution >= 0.6 is 36.4 Å². The molecule has 1 aromatic rings. The molecular formula is C19H29Cl3N4O2. The lowest BCUT2D eigenvalue weighted by atomic mass is 9.99. The molecule has 0 aliphatic carbocycles. The van der Waals surface area contributed by atoms with Crippen LogP contribution in [0.25, 0.3) is 0 Å². The summed E-state index contributed by atoms with van der Waals surface area (Å²) >= 11 is 6.14. The Bertz CT molecular complexity index is 674. The van der Waals surface area contributed by atoms with Gasteiger partial charge >= 0.3 is 0 Å². The zero-order valence-corrected chi connectivity index (χ0v) is 18.7. The molecular weight excluding hydrogens is 423 g/mol. The molecule has 6 nitrogen and oxygen atoms in total. The second-order valence-corrected chi connectivity index (χ2v) is 7.79. The molecule has 0 radical (unpaired) electrons. The number of carbonyl (C=O) groups is 2. The van der Waals surface area contributed by atoms with E-state index in [0.717, 1.165) is 18.7 Å². The first-order chi connectivity index (χ1) is 12.5. The molecule has 0 saturated carbocycles. The molecule has 9 heteroatoms. The van der Waals surface area contributed by atoms with Crippen LogP contribution in [0.15, 0.2) is 24.3 Å². The highest BCUT2D eigenvalue weighted by atomic mass is 35.5. The van der Waals surface area contributed by atoms with Gasteiger partial charge in [-0.15, -0.1) is 24.8 Å². The number of nitrogens with one attached hydrogen (secondary N) is 1. The van der Waals surface area contributed by atoms with Crippen molar-refractivity contribution in [3.63, 3.8) is 0 Å². The summed E-state index contributed by atoms with van der Waals surface area (Å²) in [5, 5.41) is 4.03. The summed E-state index contributed by atoms with van der Waals surface area (Å²) in [6.45, 7) is 4.14. The largest absolute Gasteiger partial charge is 0.341 e. The number of hydrogen-bond acceptors (Lipinski definition) is 4. The SMILES string of the molecule is CN(C)CCN1CC(C(=O)N2CCNCC2c2cccc(Cl)c2)CC1=O.Cl.Cl. The Morgan fingerprint density at radius 2 is 2.07 bits per heavy atom. The fraction of sp³-hybridized carbons (Fsp3) is 0.579. The molecule has 2 amide bonds. The topological polar surface area (TPSA) is 55.9 Å². The first-order valence-electron chi connectivity index (χ1n) is 9.15. The van der Waals surface area contributed by atoms with E-state index in [-0.39, 0.29) is 48.6 Å². The molecule has 28 heavy (non-hydrogen) atoms. The van der Waals surface area contributed by atoms with Crippen LogP contribution in [0.2, 0.25) is 5.02 Å². The third kappa shape index (κ3) is 5.97. The van der Waals surface area contributed by atoms with E-state index in [4.69, 9.17) is 11.6 Å². The molecule has 1 N–H and O–H groups in total. The summed E-state index contributed by atoms with van der Waals surface area (Å²) in [5.41, 5.74) is 1.03. The molecule has 158 valence electrons. The van der Waals surface area contributed by atoms with Gasteiger partial charge in [-0.3, -0.25) is 9.59 Å². The van der Waals surface area contributed by atoms with Crippen molar-refractivity contribution in [2.75, 3.05) is 53.4 Å². The molecule has 2 aliphatic rings. The minimum atomic E-state index is -0.246. The van der Waals surface area contributed by atoms with Crippen molar-refractivity contribution in [2.45, 2.75) is 12.5 Å². The van der Waals surface area contributed by atoms with E-state index >= 15 is 0 Å². The Kier molecular flexibility index (Phi) is 10.0. The third-order valence-electron chi connectivity index (χ3n) is 5.14. The maximum absolute atomic E-state index is 13.2. The van der Waals surface area contributed by atoms with Gasteiger partial charge in [0, 0.05) is 50.7 Å². The molecule has 1 aromatic carbocycles. The Morgan fingerprint density at radius 1 is 1.32 bits per heavy atom. The number of likely N-dealkylation sites (tertiary alicyclic amines) is 1. The molecule has 0 spiro atoms. The molecule has 2 saturated heterocycles. The summed E-state index contributed by atoms with van der Waals surface area (Å²) in [6.07, 6.45) is 0.318. The van der Waals surface area contributed by atoms with Gasteiger partial charge in [0.1, 0.15) is 0 Å². The molecule has 0 aromatic heterocycles. The van der Waals surface area contributed by atoms with Gasteiger partial charge < -0.3 is 20.0 Å². The van der Waals surface area contributed by atoms with Gasteiger partial charge in [-0.2, -0.15) is 0 Å². The van der Waals surface area contributed by atoms with Crippen molar-refractivity contribution in [1.29, 1.82) is 0 Å². The number of halogens is 3. The van der Waals surface area contributed by atoms with E-state index in [2.05, 4.69) is 5.32 Å². The van der Waals surface area contributed by atoms with Crippen LogP contribution in [-0.4, -0.2) is 79.9 Å².